The Morgan fingerprint density at radius 3 is 2.33 bits per heavy atom. The predicted octanol–water partition coefficient (Wildman–Crippen LogP) is 3.08. The lowest BCUT2D eigenvalue weighted by molar-refractivity contribution is -0.151. The zero-order chi connectivity index (χ0) is 24.2. The zero-order valence-electron chi connectivity index (χ0n) is 19.3. The SMILES string of the molecule is CCN(c1ccccc1)S(=O)(=O)c1cccc(C(=O)OC(C)C(=O)N2CC(C)OC(C)C2)c1. The number of carbonyl (C=O) groups is 2. The minimum atomic E-state index is -3.90. The van der Waals surface area contributed by atoms with Gasteiger partial charge in [-0.3, -0.25) is 9.10 Å². The summed E-state index contributed by atoms with van der Waals surface area (Å²) < 4.78 is 38.8. The molecule has 1 fully saturated rings. The van der Waals surface area contributed by atoms with Crippen LogP contribution in [0.25, 0.3) is 0 Å². The second kappa shape index (κ2) is 10.4. The molecule has 1 aliphatic heterocycles. The summed E-state index contributed by atoms with van der Waals surface area (Å²) >= 11 is 0. The molecule has 3 unspecified atom stereocenters. The standard InChI is InChI=1S/C24H30N2O6S/c1-5-26(21-11-7-6-8-12-21)33(29,30)22-13-9-10-20(14-22)24(28)32-19(4)23(27)25-15-17(2)31-18(3)16-25/h6-14,17-19H,5,15-16H2,1-4H3. The number of para-hydroxylation sites is 1. The summed E-state index contributed by atoms with van der Waals surface area (Å²) in [6, 6.07) is 14.4. The van der Waals surface area contributed by atoms with Gasteiger partial charge in [-0.1, -0.05) is 24.3 Å². The molecule has 3 rings (SSSR count). The van der Waals surface area contributed by atoms with Gasteiger partial charge in [0.25, 0.3) is 15.9 Å². The monoisotopic (exact) mass is 474 g/mol. The highest BCUT2D eigenvalue weighted by Crippen LogP contribution is 2.24. The Kier molecular flexibility index (Phi) is 7.76. The molecule has 8 nitrogen and oxygen atoms in total. The van der Waals surface area contributed by atoms with E-state index in [4.69, 9.17) is 9.47 Å². The molecule has 1 saturated heterocycles. The Hall–Kier alpha value is -2.91. The summed E-state index contributed by atoms with van der Waals surface area (Å²) in [6.45, 7) is 8.09. The highest BCUT2D eigenvalue weighted by atomic mass is 32.2. The van der Waals surface area contributed by atoms with Crippen molar-refractivity contribution in [3.05, 3.63) is 60.2 Å². The van der Waals surface area contributed by atoms with Gasteiger partial charge in [0.2, 0.25) is 0 Å². The second-order valence-electron chi connectivity index (χ2n) is 8.08. The quantitative estimate of drug-likeness (QED) is 0.573. The zero-order valence-corrected chi connectivity index (χ0v) is 20.1. The molecule has 0 bridgehead atoms. The molecule has 0 aromatic heterocycles. The molecule has 1 aliphatic rings. The number of morpholine rings is 1. The van der Waals surface area contributed by atoms with Crippen LogP contribution in [0.15, 0.2) is 59.5 Å². The van der Waals surface area contributed by atoms with E-state index in [0.717, 1.165) is 0 Å². The van der Waals surface area contributed by atoms with Crippen molar-refractivity contribution in [3.63, 3.8) is 0 Å². The lowest BCUT2D eigenvalue weighted by Crippen LogP contribution is -2.51. The molecule has 2 aromatic rings. The third kappa shape index (κ3) is 5.72. The summed E-state index contributed by atoms with van der Waals surface area (Å²) in [5.41, 5.74) is 0.588. The van der Waals surface area contributed by atoms with Gasteiger partial charge in [-0.05, 0) is 58.0 Å². The van der Waals surface area contributed by atoms with Crippen molar-refractivity contribution in [2.75, 3.05) is 23.9 Å². The van der Waals surface area contributed by atoms with E-state index in [0.29, 0.717) is 18.8 Å². The molecule has 2 aromatic carbocycles. The molecule has 178 valence electrons. The molecular weight excluding hydrogens is 444 g/mol. The Morgan fingerprint density at radius 2 is 1.73 bits per heavy atom. The largest absolute Gasteiger partial charge is 0.449 e. The first-order valence-corrected chi connectivity index (χ1v) is 12.4. The minimum Gasteiger partial charge on any atom is -0.449 e. The summed E-state index contributed by atoms with van der Waals surface area (Å²) in [5.74, 6) is -1.07. The highest BCUT2D eigenvalue weighted by molar-refractivity contribution is 7.92. The molecule has 1 heterocycles. The van der Waals surface area contributed by atoms with E-state index in [9.17, 15) is 18.0 Å². The van der Waals surface area contributed by atoms with Crippen LogP contribution >= 0.6 is 0 Å². The molecule has 0 spiro atoms. The fraction of sp³-hybridized carbons (Fsp3) is 0.417. The number of amides is 1. The first-order chi connectivity index (χ1) is 15.6. The van der Waals surface area contributed by atoms with Gasteiger partial charge in [0, 0.05) is 19.6 Å². The van der Waals surface area contributed by atoms with Gasteiger partial charge in [-0.2, -0.15) is 0 Å². The van der Waals surface area contributed by atoms with E-state index >= 15 is 0 Å². The maximum Gasteiger partial charge on any atom is 0.338 e. The third-order valence-corrected chi connectivity index (χ3v) is 7.25. The molecule has 0 saturated carbocycles. The van der Waals surface area contributed by atoms with Gasteiger partial charge in [-0.15, -0.1) is 0 Å². The Morgan fingerprint density at radius 1 is 1.09 bits per heavy atom. The molecule has 0 aliphatic carbocycles. The number of nitrogens with zero attached hydrogens (tertiary/aromatic N) is 2. The maximum atomic E-state index is 13.2. The molecule has 1 amide bonds. The van der Waals surface area contributed by atoms with Gasteiger partial charge < -0.3 is 14.4 Å². The van der Waals surface area contributed by atoms with E-state index < -0.39 is 22.1 Å². The van der Waals surface area contributed by atoms with Crippen molar-refractivity contribution in [2.24, 2.45) is 0 Å². The number of hydrogen-bond donors (Lipinski definition) is 0. The molecular formula is C24H30N2O6S. The van der Waals surface area contributed by atoms with Crippen LogP contribution in [0, 0.1) is 0 Å². The highest BCUT2D eigenvalue weighted by Gasteiger charge is 2.31. The van der Waals surface area contributed by atoms with Gasteiger partial charge in [0.15, 0.2) is 6.10 Å². The van der Waals surface area contributed by atoms with Gasteiger partial charge in [0.05, 0.1) is 28.4 Å². The van der Waals surface area contributed by atoms with Gasteiger partial charge >= 0.3 is 5.97 Å². The van der Waals surface area contributed by atoms with Crippen LogP contribution in [0.3, 0.4) is 0 Å². The Bertz CT molecular complexity index is 1080. The first kappa shape index (κ1) is 24.7. The number of anilines is 1. The van der Waals surface area contributed by atoms with Gasteiger partial charge in [-0.25, -0.2) is 13.2 Å². The third-order valence-electron chi connectivity index (χ3n) is 5.35. The van der Waals surface area contributed by atoms with Crippen molar-refractivity contribution >= 4 is 27.6 Å². The number of esters is 1. The van der Waals surface area contributed by atoms with Crippen molar-refractivity contribution in [1.29, 1.82) is 0 Å². The van der Waals surface area contributed by atoms with Gasteiger partial charge in [0.1, 0.15) is 0 Å². The fourth-order valence-corrected chi connectivity index (χ4v) is 5.41. The minimum absolute atomic E-state index is 0.0301. The van der Waals surface area contributed by atoms with Crippen molar-refractivity contribution in [1.82, 2.24) is 4.90 Å². The Balaban J connectivity index is 1.76. The van der Waals surface area contributed by atoms with Crippen LogP contribution < -0.4 is 4.31 Å². The number of carbonyl (C=O) groups excluding carboxylic acids is 2. The van der Waals surface area contributed by atoms with E-state index in [1.54, 1.807) is 42.2 Å². The predicted molar refractivity (Wildman–Crippen MR) is 125 cm³/mol. The summed E-state index contributed by atoms with van der Waals surface area (Å²) in [7, 11) is -3.90. The molecule has 3 atom stereocenters. The number of benzene rings is 2. The van der Waals surface area contributed by atoms with Crippen molar-refractivity contribution in [2.45, 2.75) is 50.9 Å². The second-order valence-corrected chi connectivity index (χ2v) is 9.94. The number of sulfonamides is 1. The lowest BCUT2D eigenvalue weighted by atomic mass is 10.2. The van der Waals surface area contributed by atoms with Crippen LogP contribution in [0.1, 0.15) is 38.1 Å². The van der Waals surface area contributed by atoms with E-state index in [1.807, 2.05) is 13.8 Å². The fourth-order valence-electron chi connectivity index (χ4n) is 3.89. The lowest BCUT2D eigenvalue weighted by Gasteiger charge is -2.36. The average molecular weight is 475 g/mol. The maximum absolute atomic E-state index is 13.2. The van der Waals surface area contributed by atoms with E-state index in [-0.39, 0.29) is 35.1 Å². The molecule has 9 heteroatoms. The van der Waals surface area contributed by atoms with E-state index in [1.165, 1.54) is 35.5 Å². The summed E-state index contributed by atoms with van der Waals surface area (Å²) in [4.78, 5) is 27.1. The van der Waals surface area contributed by atoms with Crippen LogP contribution in [-0.4, -0.2) is 63.1 Å². The van der Waals surface area contributed by atoms with Crippen LogP contribution in [0.5, 0.6) is 0 Å². The molecule has 0 radical (unpaired) electrons. The number of hydrogen-bond acceptors (Lipinski definition) is 6. The normalized spacial score (nSPS) is 19.6. The number of rotatable bonds is 7. The summed E-state index contributed by atoms with van der Waals surface area (Å²) in [5, 5.41) is 0. The van der Waals surface area contributed by atoms with Crippen LogP contribution in [-0.2, 0) is 24.3 Å². The van der Waals surface area contributed by atoms with Crippen LogP contribution in [0.2, 0.25) is 0 Å². The average Bonchev–Trinajstić information content (AvgIpc) is 2.79. The van der Waals surface area contributed by atoms with Crippen molar-refractivity contribution in [3.8, 4) is 0 Å². The van der Waals surface area contributed by atoms with Crippen LogP contribution in [0.4, 0.5) is 5.69 Å². The Labute approximate surface area is 195 Å². The summed E-state index contributed by atoms with van der Waals surface area (Å²) in [6.07, 6.45) is -1.21. The molecule has 33 heavy (non-hydrogen) atoms. The topological polar surface area (TPSA) is 93.2 Å². The van der Waals surface area contributed by atoms with E-state index in [2.05, 4.69) is 0 Å². The number of ether oxygens (including phenoxy) is 2. The smallest absolute Gasteiger partial charge is 0.338 e. The first-order valence-electron chi connectivity index (χ1n) is 11.0. The molecule has 0 N–H and O–H groups in total. The van der Waals surface area contributed by atoms with Crippen molar-refractivity contribution < 1.29 is 27.5 Å².